The highest BCUT2D eigenvalue weighted by molar-refractivity contribution is 6.24. The van der Waals surface area contributed by atoms with Crippen molar-refractivity contribution < 1.29 is 19.2 Å². The van der Waals surface area contributed by atoms with E-state index in [1.54, 1.807) is 12.1 Å². The summed E-state index contributed by atoms with van der Waals surface area (Å²) in [7, 11) is 0. The number of hydrogen-bond donors (Lipinski definition) is 3. The van der Waals surface area contributed by atoms with E-state index in [1.807, 2.05) is 6.07 Å². The summed E-state index contributed by atoms with van der Waals surface area (Å²) < 4.78 is 0. The normalized spacial score (nSPS) is 31.0. The second-order valence-corrected chi connectivity index (χ2v) is 8.92. The molecule has 1 spiro atoms. The van der Waals surface area contributed by atoms with E-state index < -0.39 is 23.8 Å². The second-order valence-electron chi connectivity index (χ2n) is 8.92. The molecule has 8 heteroatoms. The largest absolute Gasteiger partial charge is 0.311 e. The molecule has 3 N–H and O–H groups in total. The van der Waals surface area contributed by atoms with Gasteiger partial charge >= 0.3 is 0 Å². The first-order valence-corrected chi connectivity index (χ1v) is 10.8. The number of fused-ring (bicyclic) bond motifs is 1. The molecular weight excluding hydrogens is 384 g/mol. The molecule has 3 heterocycles. The number of carbonyl (C=O) groups excluding carboxylic acids is 4. The number of hydrogen-bond acceptors (Lipinski definition) is 6. The van der Waals surface area contributed by atoms with Crippen LogP contribution in [0.3, 0.4) is 0 Å². The molecule has 4 amide bonds. The maximum Gasteiger partial charge on any atom is 0.262 e. The van der Waals surface area contributed by atoms with Gasteiger partial charge in [-0.2, -0.15) is 0 Å². The smallest absolute Gasteiger partial charge is 0.262 e. The van der Waals surface area contributed by atoms with Gasteiger partial charge in [-0.15, -0.1) is 0 Å². The van der Waals surface area contributed by atoms with Crippen LogP contribution < -0.4 is 16.0 Å². The van der Waals surface area contributed by atoms with Gasteiger partial charge in [-0.25, -0.2) is 0 Å². The maximum absolute atomic E-state index is 13.2. The third kappa shape index (κ3) is 3.15. The highest BCUT2D eigenvalue weighted by Gasteiger charge is 2.46. The Morgan fingerprint density at radius 3 is 2.73 bits per heavy atom. The molecule has 2 saturated heterocycles. The van der Waals surface area contributed by atoms with Crippen molar-refractivity contribution in [2.24, 2.45) is 0 Å². The van der Waals surface area contributed by atoms with Gasteiger partial charge in [0.15, 0.2) is 0 Å². The topological polar surface area (TPSA) is 108 Å². The number of carbonyl (C=O) groups is 4. The molecule has 158 valence electrons. The molecule has 1 aliphatic carbocycles. The zero-order valence-electron chi connectivity index (χ0n) is 16.8. The molecule has 3 fully saturated rings. The number of nitrogens with one attached hydrogen (secondary N) is 3. The number of nitrogens with zero attached hydrogens (tertiary/aromatic N) is 1. The Labute approximate surface area is 174 Å². The van der Waals surface area contributed by atoms with Gasteiger partial charge in [-0.05, 0) is 56.7 Å². The minimum absolute atomic E-state index is 0.121. The summed E-state index contributed by atoms with van der Waals surface area (Å²) in [6.45, 7) is 1.60. The van der Waals surface area contributed by atoms with E-state index in [1.165, 1.54) is 12.8 Å². The van der Waals surface area contributed by atoms with Crippen LogP contribution in [0.1, 0.15) is 71.2 Å². The summed E-state index contributed by atoms with van der Waals surface area (Å²) in [6.07, 6.45) is 6.08. The number of rotatable bonds is 4. The SMILES string of the molecule is O=C1CCC(N2C(=O)c3cccc(CNC4CCC5(CCCN5)C4)c3C2=O)C(=O)N1. The maximum atomic E-state index is 13.2. The first kappa shape index (κ1) is 19.4. The van der Waals surface area contributed by atoms with Crippen LogP contribution in [0, 0.1) is 0 Å². The summed E-state index contributed by atoms with van der Waals surface area (Å²) in [5.41, 5.74) is 1.77. The lowest BCUT2D eigenvalue weighted by Gasteiger charge is -2.27. The Kier molecular flexibility index (Phi) is 4.71. The van der Waals surface area contributed by atoms with Crippen molar-refractivity contribution in [3.05, 3.63) is 34.9 Å². The van der Waals surface area contributed by atoms with Crippen LogP contribution in [-0.2, 0) is 16.1 Å². The molecule has 1 aromatic rings. The molecule has 3 atom stereocenters. The quantitative estimate of drug-likeness (QED) is 0.636. The van der Waals surface area contributed by atoms with Crippen LogP contribution in [-0.4, -0.2) is 52.7 Å². The zero-order chi connectivity index (χ0) is 20.9. The van der Waals surface area contributed by atoms with E-state index in [4.69, 9.17) is 0 Å². The van der Waals surface area contributed by atoms with Crippen molar-refractivity contribution in [3.8, 4) is 0 Å². The highest BCUT2D eigenvalue weighted by Crippen LogP contribution is 2.37. The highest BCUT2D eigenvalue weighted by atomic mass is 16.2. The van der Waals surface area contributed by atoms with Crippen LogP contribution in [0.25, 0.3) is 0 Å². The first-order chi connectivity index (χ1) is 14.5. The summed E-state index contributed by atoms with van der Waals surface area (Å²) in [4.78, 5) is 50.8. The third-order valence-corrected chi connectivity index (χ3v) is 7.08. The average molecular weight is 410 g/mol. The van der Waals surface area contributed by atoms with E-state index in [2.05, 4.69) is 16.0 Å². The summed E-state index contributed by atoms with van der Waals surface area (Å²) in [6, 6.07) is 4.73. The Morgan fingerprint density at radius 2 is 1.97 bits per heavy atom. The molecule has 4 aliphatic rings. The lowest BCUT2D eigenvalue weighted by molar-refractivity contribution is -0.136. The van der Waals surface area contributed by atoms with Crippen molar-refractivity contribution in [1.82, 2.24) is 20.9 Å². The van der Waals surface area contributed by atoms with Crippen LogP contribution >= 0.6 is 0 Å². The molecule has 1 aromatic carbocycles. The Balaban J connectivity index is 1.32. The van der Waals surface area contributed by atoms with Gasteiger partial charge in [0, 0.05) is 24.5 Å². The van der Waals surface area contributed by atoms with E-state index >= 15 is 0 Å². The lowest BCUT2D eigenvalue weighted by Crippen LogP contribution is -2.54. The monoisotopic (exact) mass is 410 g/mol. The van der Waals surface area contributed by atoms with Crippen LogP contribution in [0.15, 0.2) is 18.2 Å². The Hall–Kier alpha value is -2.58. The van der Waals surface area contributed by atoms with Gasteiger partial charge in [-0.3, -0.25) is 29.4 Å². The lowest BCUT2D eigenvalue weighted by atomic mass is 9.95. The van der Waals surface area contributed by atoms with Gasteiger partial charge in [0.2, 0.25) is 11.8 Å². The summed E-state index contributed by atoms with van der Waals surface area (Å²) in [5.74, 6) is -1.85. The van der Waals surface area contributed by atoms with E-state index in [-0.39, 0.29) is 24.3 Å². The molecule has 3 aliphatic heterocycles. The Bertz CT molecular complexity index is 937. The molecule has 0 radical (unpaired) electrons. The molecule has 3 unspecified atom stereocenters. The number of benzene rings is 1. The fourth-order valence-electron chi connectivity index (χ4n) is 5.54. The van der Waals surface area contributed by atoms with Gasteiger partial charge in [0.1, 0.15) is 6.04 Å². The molecule has 0 bridgehead atoms. The fourth-order valence-corrected chi connectivity index (χ4v) is 5.54. The molecule has 0 aromatic heterocycles. The number of piperidine rings is 1. The van der Waals surface area contributed by atoms with Crippen molar-refractivity contribution >= 4 is 23.6 Å². The molecular formula is C22H26N4O4. The van der Waals surface area contributed by atoms with E-state index in [0.29, 0.717) is 23.7 Å². The zero-order valence-corrected chi connectivity index (χ0v) is 16.8. The average Bonchev–Trinajstić information content (AvgIpc) is 3.42. The third-order valence-electron chi connectivity index (χ3n) is 7.08. The first-order valence-electron chi connectivity index (χ1n) is 10.8. The predicted octanol–water partition coefficient (Wildman–Crippen LogP) is 0.852. The van der Waals surface area contributed by atoms with Gasteiger partial charge in [0.25, 0.3) is 11.8 Å². The second kappa shape index (κ2) is 7.28. The van der Waals surface area contributed by atoms with Crippen LogP contribution in [0.2, 0.25) is 0 Å². The number of imide groups is 2. The standard InChI is InChI=1S/C22H26N4O4/c27-17-6-5-16(19(28)25-17)26-20(29)15-4-1-3-13(18(15)21(26)30)12-23-14-7-9-22(11-14)8-2-10-24-22/h1,3-4,14,16,23-24H,2,5-12H2,(H,25,27,28). The van der Waals surface area contributed by atoms with Crippen molar-refractivity contribution in [2.45, 2.75) is 69.1 Å². The van der Waals surface area contributed by atoms with Gasteiger partial charge in [0.05, 0.1) is 11.1 Å². The van der Waals surface area contributed by atoms with Crippen LogP contribution in [0.4, 0.5) is 0 Å². The van der Waals surface area contributed by atoms with E-state index in [9.17, 15) is 19.2 Å². The van der Waals surface area contributed by atoms with Crippen molar-refractivity contribution in [2.75, 3.05) is 6.54 Å². The van der Waals surface area contributed by atoms with Crippen molar-refractivity contribution in [3.63, 3.8) is 0 Å². The van der Waals surface area contributed by atoms with Crippen molar-refractivity contribution in [1.29, 1.82) is 0 Å². The molecule has 8 nitrogen and oxygen atoms in total. The number of amides is 4. The van der Waals surface area contributed by atoms with Gasteiger partial charge < -0.3 is 10.6 Å². The van der Waals surface area contributed by atoms with Crippen LogP contribution in [0.5, 0.6) is 0 Å². The minimum atomic E-state index is -0.931. The molecule has 5 rings (SSSR count). The molecule has 1 saturated carbocycles. The summed E-state index contributed by atoms with van der Waals surface area (Å²) >= 11 is 0. The summed E-state index contributed by atoms with van der Waals surface area (Å²) in [5, 5.41) is 9.47. The fraction of sp³-hybridized carbons (Fsp3) is 0.545. The molecule has 30 heavy (non-hydrogen) atoms. The minimum Gasteiger partial charge on any atom is -0.311 e. The van der Waals surface area contributed by atoms with Gasteiger partial charge in [-0.1, -0.05) is 12.1 Å². The predicted molar refractivity (Wildman–Crippen MR) is 108 cm³/mol. The Morgan fingerprint density at radius 1 is 1.10 bits per heavy atom. The van der Waals surface area contributed by atoms with E-state index in [0.717, 1.165) is 36.3 Å².